The first-order valence-electron chi connectivity index (χ1n) is 6.19. The third kappa shape index (κ3) is 2.91. The maximum atomic E-state index is 10.7. The van der Waals surface area contributed by atoms with Crippen LogP contribution in [0, 0.1) is 0 Å². The third-order valence-corrected chi connectivity index (χ3v) is 3.29. The van der Waals surface area contributed by atoms with E-state index in [1.165, 1.54) is 24.3 Å². The zero-order valence-corrected chi connectivity index (χ0v) is 10.8. The van der Waals surface area contributed by atoms with E-state index in [0.29, 0.717) is 5.69 Å². The van der Waals surface area contributed by atoms with Crippen molar-refractivity contribution < 1.29 is 30.0 Å². The highest BCUT2D eigenvalue weighted by molar-refractivity contribution is 5.87. The van der Waals surface area contributed by atoms with Gasteiger partial charge >= 0.3 is 5.97 Å². The third-order valence-electron chi connectivity index (χ3n) is 3.29. The molecule has 0 amide bonds. The quantitative estimate of drug-likeness (QED) is 0.513. The van der Waals surface area contributed by atoms with Crippen LogP contribution in [-0.4, -0.2) is 57.0 Å². The van der Waals surface area contributed by atoms with E-state index in [1.807, 2.05) is 0 Å². The minimum atomic E-state index is -1.31. The van der Waals surface area contributed by atoms with Gasteiger partial charge in [-0.15, -0.1) is 0 Å². The number of carboxylic acid groups (broad SMARTS) is 1. The number of hydrogen-bond donors (Lipinski definition) is 5. The molecule has 7 heteroatoms. The highest BCUT2D eigenvalue weighted by atomic mass is 16.5. The fourth-order valence-electron chi connectivity index (χ4n) is 2.04. The Morgan fingerprint density at radius 2 is 1.70 bits per heavy atom. The molecule has 0 spiro atoms. The van der Waals surface area contributed by atoms with Crippen LogP contribution in [0.5, 0.6) is 0 Å². The fraction of sp³-hybridized carbons (Fsp3) is 0.462. The molecule has 0 unspecified atom stereocenters. The first kappa shape index (κ1) is 14.7. The lowest BCUT2D eigenvalue weighted by molar-refractivity contribution is -0.209. The summed E-state index contributed by atoms with van der Waals surface area (Å²) in [5.74, 6) is -1.03. The summed E-state index contributed by atoms with van der Waals surface area (Å²) < 4.78 is 5.38. The number of rotatable bonds is 3. The van der Waals surface area contributed by atoms with Crippen LogP contribution in [0.3, 0.4) is 0 Å². The number of benzene rings is 1. The van der Waals surface area contributed by atoms with Crippen molar-refractivity contribution in [3.8, 4) is 0 Å². The van der Waals surface area contributed by atoms with Gasteiger partial charge in [0.2, 0.25) is 0 Å². The van der Waals surface area contributed by atoms with Gasteiger partial charge < -0.3 is 30.5 Å². The fourth-order valence-corrected chi connectivity index (χ4v) is 2.04. The lowest BCUT2D eigenvalue weighted by Crippen LogP contribution is -2.58. The molecule has 110 valence electrons. The molecule has 20 heavy (non-hydrogen) atoms. The monoisotopic (exact) mass is 283 g/mol. The molecule has 1 aliphatic rings. The molecule has 1 aromatic carbocycles. The van der Waals surface area contributed by atoms with Crippen molar-refractivity contribution in [2.45, 2.75) is 37.6 Å². The standard InChI is InChI=1S/C13H17NO6/c1-6-9(15)10(16)11(17)12(20-6)14-8-4-2-7(3-5-8)13(18)19/h2-6,9-12,14-17H,1H3,(H,18,19)/t6-,9+,10+,11+,12-/m0/s1. The normalized spacial score (nSPS) is 33.7. The van der Waals surface area contributed by atoms with Gasteiger partial charge in [-0.3, -0.25) is 0 Å². The highest BCUT2D eigenvalue weighted by Crippen LogP contribution is 2.22. The molecule has 1 aromatic rings. The summed E-state index contributed by atoms with van der Waals surface area (Å²) in [6, 6.07) is 5.88. The van der Waals surface area contributed by atoms with E-state index in [-0.39, 0.29) is 5.56 Å². The van der Waals surface area contributed by atoms with Crippen LogP contribution in [0.15, 0.2) is 24.3 Å². The number of anilines is 1. The van der Waals surface area contributed by atoms with Gasteiger partial charge in [0, 0.05) is 5.69 Å². The summed E-state index contributed by atoms with van der Waals surface area (Å²) >= 11 is 0. The zero-order valence-electron chi connectivity index (χ0n) is 10.8. The summed E-state index contributed by atoms with van der Waals surface area (Å²) in [6.07, 6.45) is -5.28. The molecule has 2 rings (SSSR count). The van der Waals surface area contributed by atoms with Gasteiger partial charge in [-0.1, -0.05) is 0 Å². The number of aromatic carboxylic acids is 1. The first-order chi connectivity index (χ1) is 9.40. The van der Waals surface area contributed by atoms with Gasteiger partial charge in [-0.05, 0) is 31.2 Å². The molecule has 5 atom stereocenters. The Morgan fingerprint density at radius 1 is 1.10 bits per heavy atom. The van der Waals surface area contributed by atoms with Gasteiger partial charge in [-0.25, -0.2) is 4.79 Å². The Labute approximate surface area is 115 Å². The molecule has 7 nitrogen and oxygen atoms in total. The maximum Gasteiger partial charge on any atom is 0.335 e. The van der Waals surface area contributed by atoms with Crippen molar-refractivity contribution >= 4 is 11.7 Å². The van der Waals surface area contributed by atoms with E-state index in [2.05, 4.69) is 5.32 Å². The molecule has 5 N–H and O–H groups in total. The number of hydrogen-bond acceptors (Lipinski definition) is 6. The summed E-state index contributed by atoms with van der Waals surface area (Å²) in [5.41, 5.74) is 0.680. The average Bonchev–Trinajstić information content (AvgIpc) is 2.43. The molecule has 0 bridgehead atoms. The van der Waals surface area contributed by atoms with Gasteiger partial charge in [-0.2, -0.15) is 0 Å². The summed E-state index contributed by atoms with van der Waals surface area (Å²) in [6.45, 7) is 1.59. The molecule has 1 heterocycles. The molecular weight excluding hydrogens is 266 g/mol. The number of nitrogens with one attached hydrogen (secondary N) is 1. The van der Waals surface area contributed by atoms with E-state index in [1.54, 1.807) is 6.92 Å². The molecule has 0 saturated carbocycles. The highest BCUT2D eigenvalue weighted by Gasteiger charge is 2.41. The zero-order chi connectivity index (χ0) is 14.9. The van der Waals surface area contributed by atoms with Crippen molar-refractivity contribution in [1.82, 2.24) is 0 Å². The predicted molar refractivity (Wildman–Crippen MR) is 69.4 cm³/mol. The van der Waals surface area contributed by atoms with Crippen LogP contribution in [0.4, 0.5) is 5.69 Å². The molecule has 1 aliphatic heterocycles. The molecule has 1 fully saturated rings. The minimum absolute atomic E-state index is 0.143. The molecule has 0 radical (unpaired) electrons. The van der Waals surface area contributed by atoms with Gasteiger partial charge in [0.25, 0.3) is 0 Å². The first-order valence-corrected chi connectivity index (χ1v) is 6.19. The summed E-state index contributed by atoms with van der Waals surface area (Å²) in [7, 11) is 0. The smallest absolute Gasteiger partial charge is 0.335 e. The van der Waals surface area contributed by atoms with E-state index in [9.17, 15) is 20.1 Å². The molecule has 0 aromatic heterocycles. The Balaban J connectivity index is 2.07. The van der Waals surface area contributed by atoms with Gasteiger partial charge in [0.1, 0.15) is 18.3 Å². The lowest BCUT2D eigenvalue weighted by Gasteiger charge is -2.39. The second-order valence-electron chi connectivity index (χ2n) is 4.76. The van der Waals surface area contributed by atoms with Crippen LogP contribution in [0.2, 0.25) is 0 Å². The Bertz CT molecular complexity index is 476. The van der Waals surface area contributed by atoms with Crippen molar-refractivity contribution in [2.24, 2.45) is 0 Å². The Morgan fingerprint density at radius 3 is 2.25 bits per heavy atom. The van der Waals surface area contributed by atoms with Crippen molar-refractivity contribution in [1.29, 1.82) is 0 Å². The van der Waals surface area contributed by atoms with Crippen molar-refractivity contribution in [3.05, 3.63) is 29.8 Å². The van der Waals surface area contributed by atoms with Crippen molar-refractivity contribution in [2.75, 3.05) is 5.32 Å². The SMILES string of the molecule is C[C@@H]1O[C@H](Nc2ccc(C(=O)O)cc2)[C@H](O)[C@H](O)[C@@H]1O. The van der Waals surface area contributed by atoms with E-state index >= 15 is 0 Å². The van der Waals surface area contributed by atoms with E-state index in [0.717, 1.165) is 0 Å². The van der Waals surface area contributed by atoms with Gasteiger partial charge in [0.15, 0.2) is 6.23 Å². The van der Waals surface area contributed by atoms with Gasteiger partial charge in [0.05, 0.1) is 11.7 Å². The molecule has 0 aliphatic carbocycles. The van der Waals surface area contributed by atoms with Crippen LogP contribution in [0.1, 0.15) is 17.3 Å². The maximum absolute atomic E-state index is 10.7. The topological polar surface area (TPSA) is 119 Å². The van der Waals surface area contributed by atoms with E-state index < -0.39 is 36.6 Å². The van der Waals surface area contributed by atoms with Crippen LogP contribution < -0.4 is 5.32 Å². The van der Waals surface area contributed by atoms with Crippen LogP contribution in [-0.2, 0) is 4.74 Å². The number of carbonyl (C=O) groups is 1. The Kier molecular flexibility index (Phi) is 4.24. The number of aliphatic hydroxyl groups is 3. The molecular formula is C13H17NO6. The van der Waals surface area contributed by atoms with Crippen LogP contribution in [0.25, 0.3) is 0 Å². The average molecular weight is 283 g/mol. The number of carboxylic acids is 1. The molecule has 1 saturated heterocycles. The van der Waals surface area contributed by atoms with Crippen molar-refractivity contribution in [3.63, 3.8) is 0 Å². The Hall–Kier alpha value is -1.67. The predicted octanol–water partition coefficient (Wildman–Crippen LogP) is -0.376. The largest absolute Gasteiger partial charge is 0.478 e. The minimum Gasteiger partial charge on any atom is -0.478 e. The van der Waals surface area contributed by atoms with E-state index in [4.69, 9.17) is 9.84 Å². The number of aliphatic hydroxyl groups excluding tert-OH is 3. The van der Waals surface area contributed by atoms with Crippen LogP contribution >= 0.6 is 0 Å². The summed E-state index contributed by atoms with van der Waals surface area (Å²) in [4.78, 5) is 10.7. The lowest BCUT2D eigenvalue weighted by atomic mass is 9.99. The second-order valence-corrected chi connectivity index (χ2v) is 4.76. The second kappa shape index (κ2) is 5.76. The summed E-state index contributed by atoms with van der Waals surface area (Å²) in [5, 5.41) is 40.7. The number of ether oxygens (including phenoxy) is 1.